The highest BCUT2D eigenvalue weighted by molar-refractivity contribution is 5.76. The molecule has 0 spiro atoms. The number of aliphatic hydroxyl groups is 1. The number of carboxylic acids is 1. The lowest BCUT2D eigenvalue weighted by molar-refractivity contribution is -0.225. The van der Waals surface area contributed by atoms with E-state index in [9.17, 15) is 19.8 Å². The molecule has 5 rings (SSSR count). The molecule has 0 radical (unpaired) electrons. The van der Waals surface area contributed by atoms with E-state index in [0.717, 1.165) is 63.2 Å². The molecule has 190 valence electrons. The highest BCUT2D eigenvalue weighted by Crippen LogP contribution is 2.78. The van der Waals surface area contributed by atoms with Crippen LogP contribution in [-0.2, 0) is 9.59 Å². The first-order chi connectivity index (χ1) is 15.7. The van der Waals surface area contributed by atoms with Gasteiger partial charge in [0.1, 0.15) is 6.29 Å². The third-order valence-corrected chi connectivity index (χ3v) is 13.5. The fourth-order valence-corrected chi connectivity index (χ4v) is 11.7. The Morgan fingerprint density at radius 2 is 1.59 bits per heavy atom. The summed E-state index contributed by atoms with van der Waals surface area (Å²) in [7, 11) is 0. The van der Waals surface area contributed by atoms with Crippen LogP contribution in [0, 0.1) is 62.6 Å². The van der Waals surface area contributed by atoms with Crippen molar-refractivity contribution in [2.24, 2.45) is 62.6 Å². The first kappa shape index (κ1) is 24.5. The van der Waals surface area contributed by atoms with Gasteiger partial charge in [-0.05, 0) is 110 Å². The van der Waals surface area contributed by atoms with Gasteiger partial charge in [-0.1, -0.05) is 46.8 Å². The Labute approximate surface area is 206 Å². The number of fused-ring (bicyclic) bond motifs is 7. The quantitative estimate of drug-likeness (QED) is 0.385. The van der Waals surface area contributed by atoms with Crippen LogP contribution >= 0.6 is 0 Å². The minimum absolute atomic E-state index is 0.0371. The number of aldehydes is 1. The molecule has 34 heavy (non-hydrogen) atoms. The summed E-state index contributed by atoms with van der Waals surface area (Å²) in [5, 5.41) is 21.8. The standard InChI is InChI=1S/C30H46O4/c1-17(2)18-10-13-30(25(33)34)15-14-27(5)19(23(18)30)8-9-22-28(27,6)12-11-21-26(3,4)24(32)20(16-31)29(21,22)7/h16,18-24,32H,1,8-15H2,2-7H3,(H,33,34)/t18-,19-,20+,21-,22-,23-,24-,27-,28+,29+,30-/m1/s1. The molecule has 2 N–H and O–H groups in total. The van der Waals surface area contributed by atoms with Gasteiger partial charge in [-0.3, -0.25) is 4.79 Å². The average Bonchev–Trinajstić information content (AvgIpc) is 3.22. The summed E-state index contributed by atoms with van der Waals surface area (Å²) in [5.41, 5.74) is 0.153. The second-order valence-corrected chi connectivity index (χ2v) is 14.4. The Kier molecular flexibility index (Phi) is 5.20. The summed E-state index contributed by atoms with van der Waals surface area (Å²) in [5.74, 6) is 0.617. The summed E-state index contributed by atoms with van der Waals surface area (Å²) in [4.78, 5) is 25.2. The van der Waals surface area contributed by atoms with Gasteiger partial charge in [0, 0.05) is 5.92 Å². The Morgan fingerprint density at radius 1 is 0.912 bits per heavy atom. The van der Waals surface area contributed by atoms with Gasteiger partial charge in [0.15, 0.2) is 0 Å². The van der Waals surface area contributed by atoms with Crippen molar-refractivity contribution in [2.75, 3.05) is 0 Å². The molecular weight excluding hydrogens is 424 g/mol. The van der Waals surface area contributed by atoms with Crippen molar-refractivity contribution in [3.8, 4) is 0 Å². The Balaban J connectivity index is 1.61. The zero-order chi connectivity index (χ0) is 25.1. The Hall–Kier alpha value is -1.16. The van der Waals surface area contributed by atoms with E-state index in [1.165, 1.54) is 0 Å². The molecule has 5 aliphatic carbocycles. The molecule has 0 aromatic carbocycles. The number of aliphatic carboxylic acids is 1. The molecule has 0 aliphatic heterocycles. The number of carbonyl (C=O) groups excluding carboxylic acids is 1. The Morgan fingerprint density at radius 3 is 2.18 bits per heavy atom. The van der Waals surface area contributed by atoms with Crippen LogP contribution in [0.4, 0.5) is 0 Å². The molecule has 4 nitrogen and oxygen atoms in total. The highest BCUT2D eigenvalue weighted by Gasteiger charge is 2.74. The van der Waals surface area contributed by atoms with Crippen LogP contribution in [0.3, 0.4) is 0 Å². The highest BCUT2D eigenvalue weighted by atomic mass is 16.4. The lowest BCUT2D eigenvalue weighted by atomic mass is 9.34. The van der Waals surface area contributed by atoms with Gasteiger partial charge in [-0.15, -0.1) is 0 Å². The number of hydrogen-bond donors (Lipinski definition) is 2. The van der Waals surface area contributed by atoms with Crippen molar-refractivity contribution in [1.82, 2.24) is 0 Å². The van der Waals surface area contributed by atoms with Crippen molar-refractivity contribution in [3.63, 3.8) is 0 Å². The van der Waals surface area contributed by atoms with Crippen molar-refractivity contribution < 1.29 is 19.8 Å². The van der Waals surface area contributed by atoms with Crippen LogP contribution in [0.15, 0.2) is 12.2 Å². The number of rotatable bonds is 3. The predicted molar refractivity (Wildman–Crippen MR) is 133 cm³/mol. The van der Waals surface area contributed by atoms with Crippen molar-refractivity contribution >= 4 is 12.3 Å². The molecule has 5 fully saturated rings. The van der Waals surface area contributed by atoms with Gasteiger partial charge < -0.3 is 15.0 Å². The van der Waals surface area contributed by atoms with E-state index in [1.807, 2.05) is 0 Å². The van der Waals surface area contributed by atoms with Gasteiger partial charge >= 0.3 is 5.97 Å². The third kappa shape index (κ3) is 2.55. The van der Waals surface area contributed by atoms with E-state index >= 15 is 0 Å². The zero-order valence-electron chi connectivity index (χ0n) is 22.2. The monoisotopic (exact) mass is 470 g/mol. The molecule has 5 saturated carbocycles. The maximum Gasteiger partial charge on any atom is 0.309 e. The molecule has 4 heteroatoms. The molecule has 0 saturated heterocycles. The topological polar surface area (TPSA) is 74.6 Å². The van der Waals surface area contributed by atoms with Crippen LogP contribution < -0.4 is 0 Å². The SMILES string of the molecule is C=C(C)[C@H]1CC[C@@]2(C(=O)O)CC[C@]3(C)[C@H](CC[C@H]4[C@]5(C)[C@H](CC[C@@]43C)C(C)(C)[C@H](O)[C@@H]5C=O)[C@@H]12. The van der Waals surface area contributed by atoms with E-state index in [-0.39, 0.29) is 33.5 Å². The van der Waals surface area contributed by atoms with Gasteiger partial charge in [-0.25, -0.2) is 0 Å². The molecule has 0 unspecified atom stereocenters. The second kappa shape index (κ2) is 7.20. The van der Waals surface area contributed by atoms with E-state index in [2.05, 4.69) is 48.1 Å². The molecule has 0 heterocycles. The van der Waals surface area contributed by atoms with E-state index in [1.54, 1.807) is 0 Å². The number of carboxylic acid groups (broad SMARTS) is 1. The number of allylic oxidation sites excluding steroid dienone is 1. The summed E-state index contributed by atoms with van der Waals surface area (Å²) in [6.07, 6.45) is 8.13. The summed E-state index contributed by atoms with van der Waals surface area (Å²) in [6.45, 7) is 18.0. The van der Waals surface area contributed by atoms with Crippen molar-refractivity contribution in [2.45, 2.75) is 99.0 Å². The summed E-state index contributed by atoms with van der Waals surface area (Å²) >= 11 is 0. The maximum absolute atomic E-state index is 12.8. The van der Waals surface area contributed by atoms with Crippen LogP contribution in [0.1, 0.15) is 92.9 Å². The first-order valence-electron chi connectivity index (χ1n) is 13.8. The summed E-state index contributed by atoms with van der Waals surface area (Å²) < 4.78 is 0. The molecule has 11 atom stereocenters. The number of hydrogen-bond acceptors (Lipinski definition) is 3. The Bertz CT molecular complexity index is 923. The lowest BCUT2D eigenvalue weighted by Crippen LogP contribution is -2.65. The maximum atomic E-state index is 12.8. The van der Waals surface area contributed by atoms with Crippen LogP contribution in [0.2, 0.25) is 0 Å². The smallest absolute Gasteiger partial charge is 0.309 e. The van der Waals surface area contributed by atoms with Crippen LogP contribution in [-0.4, -0.2) is 28.6 Å². The van der Waals surface area contributed by atoms with Crippen molar-refractivity contribution in [1.29, 1.82) is 0 Å². The third-order valence-electron chi connectivity index (χ3n) is 13.5. The minimum Gasteiger partial charge on any atom is -0.481 e. The minimum atomic E-state index is -0.602. The predicted octanol–water partition coefficient (Wildman–Crippen LogP) is 6.12. The largest absolute Gasteiger partial charge is 0.481 e. The fraction of sp³-hybridized carbons (Fsp3) is 0.867. The van der Waals surface area contributed by atoms with Gasteiger partial charge in [-0.2, -0.15) is 0 Å². The molecule has 0 amide bonds. The average molecular weight is 471 g/mol. The fourth-order valence-electron chi connectivity index (χ4n) is 11.7. The summed E-state index contributed by atoms with van der Waals surface area (Å²) in [6, 6.07) is 0. The van der Waals surface area contributed by atoms with E-state index in [0.29, 0.717) is 23.7 Å². The molecule has 0 aromatic heterocycles. The van der Waals surface area contributed by atoms with Gasteiger partial charge in [0.2, 0.25) is 0 Å². The van der Waals surface area contributed by atoms with Crippen LogP contribution in [0.25, 0.3) is 0 Å². The van der Waals surface area contributed by atoms with Crippen LogP contribution in [0.5, 0.6) is 0 Å². The lowest BCUT2D eigenvalue weighted by Gasteiger charge is -2.70. The second-order valence-electron chi connectivity index (χ2n) is 14.4. The molecule has 0 bridgehead atoms. The first-order valence-corrected chi connectivity index (χ1v) is 13.8. The van der Waals surface area contributed by atoms with E-state index < -0.39 is 17.5 Å². The molecule has 5 aliphatic rings. The number of carbonyl (C=O) groups is 2. The zero-order valence-corrected chi connectivity index (χ0v) is 22.2. The van der Waals surface area contributed by atoms with Gasteiger partial charge in [0.05, 0.1) is 11.5 Å². The normalized spacial score (nSPS) is 55.4. The number of aliphatic hydroxyl groups excluding tert-OH is 1. The molecular formula is C30H46O4. The van der Waals surface area contributed by atoms with Gasteiger partial charge in [0.25, 0.3) is 0 Å². The van der Waals surface area contributed by atoms with Crippen molar-refractivity contribution in [3.05, 3.63) is 12.2 Å². The van der Waals surface area contributed by atoms with E-state index in [4.69, 9.17) is 0 Å². The molecule has 0 aromatic rings.